The molecule has 7 heteroatoms. The van der Waals surface area contributed by atoms with Crippen LogP contribution < -0.4 is 14.8 Å². The smallest absolute Gasteiger partial charge is 0.330 e. The van der Waals surface area contributed by atoms with Crippen LogP contribution in [0.3, 0.4) is 0 Å². The van der Waals surface area contributed by atoms with Gasteiger partial charge in [0, 0.05) is 18.4 Å². The predicted octanol–water partition coefficient (Wildman–Crippen LogP) is 1.85. The van der Waals surface area contributed by atoms with Crippen molar-refractivity contribution in [2.75, 3.05) is 20.3 Å². The minimum Gasteiger partial charge on any atom is -0.497 e. The molecule has 1 aliphatic rings. The maximum Gasteiger partial charge on any atom is 0.330 e. The standard InChI is InChI=1S/C18H25NO6/c1-5-24-14-10-18(16(21)22,17(14,2)3)19-15(20)11-25-13-8-6-12(23-4)7-9-13/h6-9,14H,5,10-11H2,1-4H3,(H,19,20)(H,21,22). The number of rotatable bonds is 8. The zero-order valence-corrected chi connectivity index (χ0v) is 15.0. The average molecular weight is 351 g/mol. The SMILES string of the molecule is CCOC1CC(NC(=O)COc2ccc(OC)cc2)(C(=O)O)C1(C)C. The Morgan fingerprint density at radius 3 is 2.32 bits per heavy atom. The number of amides is 1. The van der Waals surface area contributed by atoms with E-state index in [9.17, 15) is 14.7 Å². The van der Waals surface area contributed by atoms with Gasteiger partial charge >= 0.3 is 5.97 Å². The molecular formula is C18H25NO6. The molecule has 1 saturated carbocycles. The summed E-state index contributed by atoms with van der Waals surface area (Å²) in [5.41, 5.74) is -2.07. The van der Waals surface area contributed by atoms with Gasteiger partial charge in [-0.15, -0.1) is 0 Å². The van der Waals surface area contributed by atoms with Gasteiger partial charge in [-0.2, -0.15) is 0 Å². The van der Waals surface area contributed by atoms with E-state index >= 15 is 0 Å². The molecule has 0 aromatic heterocycles. The summed E-state index contributed by atoms with van der Waals surface area (Å²) in [6.45, 7) is 5.66. The highest BCUT2D eigenvalue weighted by Gasteiger charge is 2.66. The van der Waals surface area contributed by atoms with Crippen LogP contribution in [-0.4, -0.2) is 48.9 Å². The summed E-state index contributed by atoms with van der Waals surface area (Å²) in [6.07, 6.45) is 0.0219. The minimum atomic E-state index is -1.35. The van der Waals surface area contributed by atoms with Crippen molar-refractivity contribution >= 4 is 11.9 Å². The normalized spacial score (nSPS) is 24.1. The fourth-order valence-electron chi connectivity index (χ4n) is 3.13. The highest BCUT2D eigenvalue weighted by Crippen LogP contribution is 2.51. The monoisotopic (exact) mass is 351 g/mol. The number of hydrogen-bond acceptors (Lipinski definition) is 5. The van der Waals surface area contributed by atoms with Gasteiger partial charge in [0.25, 0.3) is 5.91 Å². The number of hydrogen-bond donors (Lipinski definition) is 2. The van der Waals surface area contributed by atoms with Crippen LogP contribution >= 0.6 is 0 Å². The van der Waals surface area contributed by atoms with E-state index in [2.05, 4.69) is 5.32 Å². The molecule has 1 aliphatic carbocycles. The summed E-state index contributed by atoms with van der Waals surface area (Å²) in [6, 6.07) is 6.79. The number of benzene rings is 1. The topological polar surface area (TPSA) is 94.1 Å². The Kier molecular flexibility index (Phi) is 5.57. The van der Waals surface area contributed by atoms with Crippen molar-refractivity contribution in [2.45, 2.75) is 38.8 Å². The third-order valence-electron chi connectivity index (χ3n) is 4.91. The van der Waals surface area contributed by atoms with Gasteiger partial charge in [-0.3, -0.25) is 4.79 Å². The fraction of sp³-hybridized carbons (Fsp3) is 0.556. The van der Waals surface area contributed by atoms with Crippen molar-refractivity contribution in [2.24, 2.45) is 5.41 Å². The Labute approximate surface area is 147 Å². The second-order valence-electron chi connectivity index (χ2n) is 6.59. The van der Waals surface area contributed by atoms with E-state index < -0.39 is 22.8 Å². The number of carboxylic acids is 1. The van der Waals surface area contributed by atoms with Gasteiger partial charge in [0.2, 0.25) is 0 Å². The van der Waals surface area contributed by atoms with Crippen molar-refractivity contribution in [3.63, 3.8) is 0 Å². The maximum absolute atomic E-state index is 12.2. The van der Waals surface area contributed by atoms with Crippen LogP contribution in [0.5, 0.6) is 11.5 Å². The number of ether oxygens (including phenoxy) is 3. The molecule has 1 fully saturated rings. The second kappa shape index (κ2) is 7.31. The molecule has 7 nitrogen and oxygen atoms in total. The fourth-order valence-corrected chi connectivity index (χ4v) is 3.13. The third kappa shape index (κ3) is 3.56. The van der Waals surface area contributed by atoms with E-state index in [-0.39, 0.29) is 19.1 Å². The lowest BCUT2D eigenvalue weighted by Gasteiger charge is -2.58. The summed E-state index contributed by atoms with van der Waals surface area (Å²) in [5.74, 6) is -0.368. The molecule has 0 saturated heterocycles. The molecule has 0 heterocycles. The van der Waals surface area contributed by atoms with Crippen molar-refractivity contribution in [3.8, 4) is 11.5 Å². The number of methoxy groups -OCH3 is 1. The summed E-state index contributed by atoms with van der Waals surface area (Å²) >= 11 is 0. The summed E-state index contributed by atoms with van der Waals surface area (Å²) in [7, 11) is 1.56. The number of carboxylic acid groups (broad SMARTS) is 1. The molecule has 0 aliphatic heterocycles. The zero-order chi connectivity index (χ0) is 18.7. The third-order valence-corrected chi connectivity index (χ3v) is 4.91. The molecule has 1 amide bonds. The number of nitrogens with one attached hydrogen (secondary N) is 1. The first kappa shape index (κ1) is 19.1. The summed E-state index contributed by atoms with van der Waals surface area (Å²) in [4.78, 5) is 24.1. The molecule has 1 aromatic carbocycles. The molecule has 1 aromatic rings. The molecule has 0 spiro atoms. The highest BCUT2D eigenvalue weighted by atomic mass is 16.5. The Bertz CT molecular complexity index is 627. The van der Waals surface area contributed by atoms with Crippen molar-refractivity contribution in [1.82, 2.24) is 5.32 Å². The van der Waals surface area contributed by atoms with Crippen molar-refractivity contribution in [3.05, 3.63) is 24.3 Å². The van der Waals surface area contributed by atoms with E-state index in [0.717, 1.165) is 0 Å². The van der Waals surface area contributed by atoms with Gasteiger partial charge in [0.15, 0.2) is 6.61 Å². The van der Waals surface area contributed by atoms with E-state index in [4.69, 9.17) is 14.2 Å². The molecular weight excluding hydrogens is 326 g/mol. The van der Waals surface area contributed by atoms with E-state index in [1.54, 1.807) is 45.2 Å². The van der Waals surface area contributed by atoms with Crippen molar-refractivity contribution < 1.29 is 28.9 Å². The van der Waals surface area contributed by atoms with Crippen LogP contribution in [-0.2, 0) is 14.3 Å². The lowest BCUT2D eigenvalue weighted by molar-refractivity contribution is -0.194. The number of carbonyl (C=O) groups excluding carboxylic acids is 1. The lowest BCUT2D eigenvalue weighted by atomic mass is 9.54. The quantitative estimate of drug-likeness (QED) is 0.742. The Balaban J connectivity index is 1.98. The van der Waals surface area contributed by atoms with Crippen LogP contribution in [0.15, 0.2) is 24.3 Å². The second-order valence-corrected chi connectivity index (χ2v) is 6.59. The highest BCUT2D eigenvalue weighted by molar-refractivity contribution is 5.90. The molecule has 0 bridgehead atoms. The van der Waals surface area contributed by atoms with E-state index in [1.807, 2.05) is 6.92 Å². The maximum atomic E-state index is 12.2. The molecule has 2 rings (SSSR count). The van der Waals surface area contributed by atoms with Crippen molar-refractivity contribution in [1.29, 1.82) is 0 Å². The molecule has 2 unspecified atom stereocenters. The average Bonchev–Trinajstić information content (AvgIpc) is 2.59. The molecule has 2 N–H and O–H groups in total. The van der Waals surface area contributed by atoms with Gasteiger partial charge in [-0.05, 0) is 31.2 Å². The first-order valence-electron chi connectivity index (χ1n) is 8.19. The van der Waals surface area contributed by atoms with E-state index in [0.29, 0.717) is 18.1 Å². The molecule has 0 radical (unpaired) electrons. The van der Waals surface area contributed by atoms with Gasteiger partial charge < -0.3 is 24.6 Å². The molecule has 2 atom stereocenters. The number of aliphatic carboxylic acids is 1. The van der Waals surface area contributed by atoms with Crippen LogP contribution in [0, 0.1) is 5.41 Å². The van der Waals surface area contributed by atoms with Crippen LogP contribution in [0.2, 0.25) is 0 Å². The van der Waals surface area contributed by atoms with Gasteiger partial charge in [-0.25, -0.2) is 4.79 Å². The van der Waals surface area contributed by atoms with Crippen LogP contribution in [0.4, 0.5) is 0 Å². The first-order chi connectivity index (χ1) is 11.8. The van der Waals surface area contributed by atoms with E-state index in [1.165, 1.54) is 0 Å². The zero-order valence-electron chi connectivity index (χ0n) is 15.0. The Morgan fingerprint density at radius 2 is 1.84 bits per heavy atom. The molecule has 138 valence electrons. The summed E-state index contributed by atoms with van der Waals surface area (Å²) < 4.78 is 16.0. The lowest BCUT2D eigenvalue weighted by Crippen LogP contribution is -2.76. The molecule has 25 heavy (non-hydrogen) atoms. The Hall–Kier alpha value is -2.28. The van der Waals surface area contributed by atoms with Gasteiger partial charge in [0.05, 0.1) is 13.2 Å². The Morgan fingerprint density at radius 1 is 1.24 bits per heavy atom. The minimum absolute atomic E-state index is 0.212. The van der Waals surface area contributed by atoms with Crippen LogP contribution in [0.25, 0.3) is 0 Å². The van der Waals surface area contributed by atoms with Gasteiger partial charge in [-0.1, -0.05) is 13.8 Å². The largest absolute Gasteiger partial charge is 0.497 e. The first-order valence-corrected chi connectivity index (χ1v) is 8.19. The van der Waals surface area contributed by atoms with Gasteiger partial charge in [0.1, 0.15) is 17.0 Å². The predicted molar refractivity (Wildman–Crippen MR) is 90.8 cm³/mol. The summed E-state index contributed by atoms with van der Waals surface area (Å²) in [5, 5.41) is 12.3. The van der Waals surface area contributed by atoms with Crippen LogP contribution in [0.1, 0.15) is 27.2 Å². The number of carbonyl (C=O) groups is 2.